The van der Waals surface area contributed by atoms with E-state index in [9.17, 15) is 21.0 Å². The number of para-hydroxylation sites is 2. The van der Waals surface area contributed by atoms with E-state index in [4.69, 9.17) is 40.0 Å². The quantitative estimate of drug-likeness (QED) is 0.00555. The lowest BCUT2D eigenvalue weighted by atomic mass is 10.2. The molecule has 0 saturated heterocycles. The number of ether oxygens (including phenoxy) is 6. The van der Waals surface area contributed by atoms with Gasteiger partial charge in [-0.2, -0.15) is 66.2 Å². The van der Waals surface area contributed by atoms with Crippen molar-refractivity contribution in [2.75, 3.05) is 149 Å². The van der Waals surface area contributed by atoms with E-state index in [-0.39, 0.29) is 82.3 Å². The number of anilines is 11. The first-order valence-electron chi connectivity index (χ1n) is 46.4. The molecular formula is C92H106N50O6S2. The number of nitrogens with zero attached hydrogens (tertiary/aromatic N) is 39. The molecule has 0 aliphatic heterocycles. The molecule has 15 aromatic heterocycles. The maximum absolute atomic E-state index is 9.92. The Morgan fingerprint density at radius 1 is 0.560 bits per heavy atom. The smallest absolute Gasteiger partial charge is 0.309 e. The fraction of sp³-hybridized carbons (Fsp3) is 0.337. The summed E-state index contributed by atoms with van der Waals surface area (Å²) < 4.78 is 37.6. The fourth-order valence-corrected chi connectivity index (χ4v) is 15.0. The lowest BCUT2D eigenvalue weighted by Crippen LogP contribution is -2.34. The van der Waals surface area contributed by atoms with Gasteiger partial charge >= 0.3 is 5.95 Å². The summed E-state index contributed by atoms with van der Waals surface area (Å²) >= 11 is 2.96. The molecule has 58 heteroatoms. The van der Waals surface area contributed by atoms with Crippen LogP contribution in [-0.4, -0.2) is 270 Å². The lowest BCUT2D eigenvalue weighted by molar-refractivity contribution is 0.182. The molecule has 150 heavy (non-hydrogen) atoms. The van der Waals surface area contributed by atoms with E-state index in [0.29, 0.717) is 183 Å². The number of methoxy groups -OCH3 is 6. The summed E-state index contributed by atoms with van der Waals surface area (Å²) in [6, 6.07) is 23.1. The molecule has 0 bridgehead atoms. The number of rotatable bonds is 47. The van der Waals surface area contributed by atoms with E-state index >= 15 is 0 Å². The molecule has 0 aliphatic carbocycles. The van der Waals surface area contributed by atoms with Crippen molar-refractivity contribution < 1.29 is 28.4 Å². The molecule has 16 rings (SSSR count). The maximum atomic E-state index is 9.92. The molecule has 0 spiro atoms. The Bertz CT molecular complexity index is 7390. The van der Waals surface area contributed by atoms with Crippen molar-refractivity contribution in [3.8, 4) is 53.6 Å². The summed E-state index contributed by atoms with van der Waals surface area (Å²) in [4.78, 5) is 71.5. The highest BCUT2D eigenvalue weighted by atomic mass is 32.2. The van der Waals surface area contributed by atoms with Crippen molar-refractivity contribution >= 4 is 151 Å². The normalized spacial score (nSPS) is 11.7. The van der Waals surface area contributed by atoms with Crippen LogP contribution >= 0.6 is 23.5 Å². The zero-order chi connectivity index (χ0) is 106. The number of pyridine rings is 1. The first-order chi connectivity index (χ1) is 73.2. The van der Waals surface area contributed by atoms with E-state index in [1.807, 2.05) is 108 Å². The highest BCUT2D eigenvalue weighted by molar-refractivity contribution is 7.99. The zero-order valence-corrected chi connectivity index (χ0v) is 85.9. The van der Waals surface area contributed by atoms with Crippen LogP contribution in [0.1, 0.15) is 101 Å². The van der Waals surface area contributed by atoms with Crippen molar-refractivity contribution in [2.24, 2.45) is 40.9 Å². The number of azo groups is 4. The number of H-pyrrole nitrogens is 5. The Hall–Kier alpha value is -18.5. The maximum Gasteiger partial charge on any atom is 0.309 e. The van der Waals surface area contributed by atoms with Crippen LogP contribution in [0.15, 0.2) is 180 Å². The third-order valence-electron chi connectivity index (χ3n) is 21.0. The van der Waals surface area contributed by atoms with Crippen LogP contribution in [0.3, 0.4) is 0 Å². The minimum absolute atomic E-state index is 0.0171. The van der Waals surface area contributed by atoms with Gasteiger partial charge < -0.3 is 84.9 Å². The standard InChI is InChI=1S/C27H25N13OS.C22H27N13OS.C22H31N11O3.C21H23N13O/c1-4-42-25-21(23(31-13-8-14-41-3)35-26(36-25)32-17-9-7-12-30-16-17)37-38-22-18(15-28)24(29-2)40(39-22)27-33-19-10-5-6-11-20(19)34-27;1-5-16-15(9-23)19(34-35(16)14-10-25-26-11-14)33-32-18-20(28-17-7-8-24-31-17)29-22(27-13(3)12-36-4)30-21(18)37-6-2;1-15(14-35-5)32(3)22-25-20(31(2)10-7-11-34-4)18(21(26-22)36-6)28-29-19-16(12-23)13-33(30-19)17-8-9-24-27-17;1-4-13(2)27-19-17(15(12-35-3)28-20(30-19)29-16-10-23-5-6-24-16)31-32-18-14(9-22)11-34(33-18)21-25-7-8-26-21/h5-7,9-12,16H,4,8,13-14H2,1,3H3,(H,33,34)(H2,31,32,35,36);7-8,10-11,13H,5-6,12H2,1-4H3,(H,25,26)(H3,24,27,28,29,30,31);8-9,13,15H,7,10-11,14H2,1-6H3,(H,24,27);5-8,10-11,13H,4,12H2,1-3H3,(H,25,26)(H2,24,27,28,29,30). The fourth-order valence-electron chi connectivity index (χ4n) is 13.6. The average molecular weight is 2070 g/mol. The number of thioether (sulfide) groups is 2. The zero-order valence-electron chi connectivity index (χ0n) is 84.3. The molecule has 56 nitrogen and oxygen atoms in total. The van der Waals surface area contributed by atoms with Crippen LogP contribution in [0, 0.1) is 51.9 Å². The molecule has 0 saturated carbocycles. The molecule has 0 radical (unpaired) electrons. The summed E-state index contributed by atoms with van der Waals surface area (Å²) in [6.45, 7) is 25.2. The molecule has 0 aliphatic rings. The molecule has 16 aromatic rings. The SMILES string of the molecule is CCC(C)Nc1nc(Nc2cnccn2)nc(COC)c1N=Nc1nn(-c2ncc[nH]2)cc1C#N.CCSc1nc(NC(C)COC)nc(Nc2ccn[nH]2)c1N=Nc1nn(-c2cn[nH]c2)c(CC)c1C#N.COCCCN(C)c1nc(N(C)C(C)COC)nc(OC)c1N=Nc1nn(-c2ccn[nH]2)cc1C#N.[C-]#[N+]c1c(C#N)c(N=Nc2c(NCCCOC)nc(Nc3cccnc3)nc2SCC)nn1-c1nc2ccccc2[nH]1. The molecule has 15 heterocycles. The number of imidazole rings is 2. The van der Waals surface area contributed by atoms with Crippen molar-refractivity contribution in [1.82, 2.24) is 144 Å². The van der Waals surface area contributed by atoms with Crippen molar-refractivity contribution in [2.45, 2.75) is 109 Å². The summed E-state index contributed by atoms with van der Waals surface area (Å²) in [6.07, 6.45) is 23.8. The second kappa shape index (κ2) is 55.0. The number of likely N-dealkylation sites (N-methyl/N-ethyl adjacent to an activating group) is 1. The Labute approximate surface area is 867 Å². The van der Waals surface area contributed by atoms with Gasteiger partial charge in [0.1, 0.15) is 73.5 Å². The molecule has 3 atom stereocenters. The number of hydrogen-bond acceptors (Lipinski definition) is 48. The van der Waals surface area contributed by atoms with Gasteiger partial charge in [-0.3, -0.25) is 25.3 Å². The van der Waals surface area contributed by atoms with Gasteiger partial charge in [0.05, 0.1) is 105 Å². The first-order valence-corrected chi connectivity index (χ1v) is 48.3. The van der Waals surface area contributed by atoms with Gasteiger partial charge in [-0.15, -0.1) is 84.4 Å². The van der Waals surface area contributed by atoms with Gasteiger partial charge in [-0.05, 0) is 82.2 Å². The van der Waals surface area contributed by atoms with E-state index in [2.05, 4.69) is 224 Å². The summed E-state index contributed by atoms with van der Waals surface area (Å²) in [7, 11) is 13.4. The lowest BCUT2D eigenvalue weighted by Gasteiger charge is -2.27. The molecule has 1 aromatic carbocycles. The Balaban J connectivity index is 0.000000167. The number of benzene rings is 1. The van der Waals surface area contributed by atoms with Gasteiger partial charge in [-0.1, -0.05) is 51.5 Å². The number of fused-ring (bicyclic) bond motifs is 1. The Kier molecular flexibility index (Phi) is 39.8. The van der Waals surface area contributed by atoms with Crippen molar-refractivity contribution in [1.29, 1.82) is 21.0 Å². The highest BCUT2D eigenvalue weighted by Crippen LogP contribution is 2.43. The number of aromatic nitrogens is 29. The predicted octanol–water partition coefficient (Wildman–Crippen LogP) is 16.5. The summed E-state index contributed by atoms with van der Waals surface area (Å²) in [5, 5.41) is 132. The van der Waals surface area contributed by atoms with E-state index in [1.54, 1.807) is 127 Å². The second-order valence-corrected chi connectivity index (χ2v) is 34.1. The highest BCUT2D eigenvalue weighted by Gasteiger charge is 2.29. The predicted molar refractivity (Wildman–Crippen MR) is 557 cm³/mol. The van der Waals surface area contributed by atoms with Crippen molar-refractivity contribution in [3.05, 3.63) is 174 Å². The third-order valence-corrected chi connectivity index (χ3v) is 22.7. The van der Waals surface area contributed by atoms with Crippen LogP contribution in [-0.2, 0) is 36.7 Å². The minimum Gasteiger partial charge on any atom is -0.479 e. The van der Waals surface area contributed by atoms with E-state index < -0.39 is 0 Å². The molecule has 11 N–H and O–H groups in total. The Morgan fingerprint density at radius 3 is 1.87 bits per heavy atom. The van der Waals surface area contributed by atoms with Crippen LogP contribution in [0.2, 0.25) is 0 Å². The molecule has 772 valence electrons. The van der Waals surface area contributed by atoms with Gasteiger partial charge in [0.25, 0.3) is 5.82 Å². The van der Waals surface area contributed by atoms with Crippen LogP contribution in [0.25, 0.3) is 39.3 Å². The van der Waals surface area contributed by atoms with Crippen LogP contribution in [0.5, 0.6) is 5.88 Å². The monoisotopic (exact) mass is 2070 g/mol. The number of aromatic amines is 5. The van der Waals surface area contributed by atoms with Gasteiger partial charge in [-0.25, -0.2) is 39.0 Å². The summed E-state index contributed by atoms with van der Waals surface area (Å²) in [5.41, 5.74) is 6.34. The van der Waals surface area contributed by atoms with E-state index in [1.165, 1.54) is 50.9 Å². The number of nitrogens with one attached hydrogen (secondary N) is 11. The van der Waals surface area contributed by atoms with Gasteiger partial charge in [0.15, 0.2) is 51.8 Å². The summed E-state index contributed by atoms with van der Waals surface area (Å²) in [5.74, 6) is 7.84. The number of nitriles is 4. The molecule has 0 amide bonds. The first kappa shape index (κ1) is 109. The topological polar surface area (TPSA) is 689 Å². The number of hydrogen-bond donors (Lipinski definition) is 11. The average Bonchev–Trinajstić information content (AvgIpc) is 1.60. The molecular weight excluding hydrogens is 1970 g/mol. The van der Waals surface area contributed by atoms with Crippen molar-refractivity contribution in [3.63, 3.8) is 0 Å². The van der Waals surface area contributed by atoms with Gasteiger partial charge in [0, 0.05) is 137 Å². The van der Waals surface area contributed by atoms with Crippen LogP contribution in [0.4, 0.5) is 116 Å². The third kappa shape index (κ3) is 28.4. The van der Waals surface area contributed by atoms with Crippen LogP contribution < -0.4 is 46.4 Å². The minimum atomic E-state index is -0.0288. The molecule has 3 unspecified atom stereocenters. The largest absolute Gasteiger partial charge is 0.479 e. The molecule has 0 fully saturated rings. The van der Waals surface area contributed by atoms with E-state index in [0.717, 1.165) is 36.2 Å². The Morgan fingerprint density at radius 2 is 1.23 bits per heavy atom. The second-order valence-electron chi connectivity index (χ2n) is 31.6. The van der Waals surface area contributed by atoms with Gasteiger partial charge in [0.2, 0.25) is 58.9 Å².